The Labute approximate surface area is 133 Å². The summed E-state index contributed by atoms with van der Waals surface area (Å²) in [6.07, 6.45) is 2.39. The van der Waals surface area contributed by atoms with Gasteiger partial charge in [-0.3, -0.25) is 0 Å². The summed E-state index contributed by atoms with van der Waals surface area (Å²) in [6, 6.07) is 21.7. The van der Waals surface area contributed by atoms with Crippen molar-refractivity contribution < 1.29 is 0 Å². The fourth-order valence-corrected chi connectivity index (χ4v) is 3.91. The Hall–Kier alpha value is -1.86. The molecule has 3 aromatic rings. The molecule has 1 unspecified atom stereocenters. The van der Waals surface area contributed by atoms with Gasteiger partial charge < -0.3 is 0 Å². The lowest BCUT2D eigenvalue weighted by atomic mass is 9.94. The molecule has 3 aromatic carbocycles. The Morgan fingerprint density at radius 3 is 2.52 bits per heavy atom. The zero-order valence-corrected chi connectivity index (χ0v) is 13.4. The number of benzene rings is 3. The quantitative estimate of drug-likeness (QED) is 0.500. The van der Waals surface area contributed by atoms with E-state index in [1.807, 2.05) is 0 Å². The maximum Gasteiger partial charge on any atom is 0.0256 e. The number of halogens is 1. The third kappa shape index (κ3) is 1.96. The van der Waals surface area contributed by atoms with Crippen molar-refractivity contribution in [3.63, 3.8) is 0 Å². The molecule has 0 N–H and O–H groups in total. The van der Waals surface area contributed by atoms with Gasteiger partial charge in [0.1, 0.15) is 0 Å². The van der Waals surface area contributed by atoms with E-state index in [1.54, 1.807) is 0 Å². The summed E-state index contributed by atoms with van der Waals surface area (Å²) in [5.41, 5.74) is 5.43. The molecule has 0 spiro atoms. The largest absolute Gasteiger partial charge is 0.0687 e. The van der Waals surface area contributed by atoms with Crippen LogP contribution in [0.5, 0.6) is 0 Å². The highest BCUT2D eigenvalue weighted by Crippen LogP contribution is 2.44. The maximum atomic E-state index is 3.74. The summed E-state index contributed by atoms with van der Waals surface area (Å²) >= 11 is 3.74. The molecular formula is C20H15Br. The van der Waals surface area contributed by atoms with Gasteiger partial charge in [0, 0.05) is 10.4 Å². The van der Waals surface area contributed by atoms with Gasteiger partial charge in [0.25, 0.3) is 0 Å². The molecule has 102 valence electrons. The van der Waals surface area contributed by atoms with Crippen LogP contribution in [0.25, 0.3) is 16.3 Å². The minimum Gasteiger partial charge on any atom is -0.0687 e. The number of fused-ring (bicyclic) bond motifs is 2. The van der Waals surface area contributed by atoms with E-state index in [2.05, 4.69) is 89.6 Å². The van der Waals surface area contributed by atoms with Crippen LogP contribution in [0.2, 0.25) is 0 Å². The third-order valence-corrected chi connectivity index (χ3v) is 4.96. The molecule has 0 bridgehead atoms. The van der Waals surface area contributed by atoms with Crippen molar-refractivity contribution in [2.75, 3.05) is 0 Å². The monoisotopic (exact) mass is 334 g/mol. The van der Waals surface area contributed by atoms with Gasteiger partial charge in [0.15, 0.2) is 0 Å². The van der Waals surface area contributed by atoms with Crippen LogP contribution < -0.4 is 0 Å². The zero-order chi connectivity index (χ0) is 14.4. The van der Waals surface area contributed by atoms with Crippen LogP contribution in [-0.4, -0.2) is 0 Å². The standard InChI is InChI=1S/C20H15Br/c1-13-12-18(20-15(13)9-5-11-19(20)21)17-10-4-7-14-6-2-3-8-16(14)17/h2-13H,1H3. The SMILES string of the molecule is CC1C=C(c2cccc3ccccc23)c2c(Br)cccc21. The first kappa shape index (κ1) is 12.8. The summed E-state index contributed by atoms with van der Waals surface area (Å²) < 4.78 is 1.18. The van der Waals surface area contributed by atoms with Gasteiger partial charge >= 0.3 is 0 Å². The Balaban J connectivity index is 2.02. The Bertz CT molecular complexity index is 869. The van der Waals surface area contributed by atoms with Crippen LogP contribution in [0.15, 0.2) is 71.2 Å². The summed E-state index contributed by atoms with van der Waals surface area (Å²) in [4.78, 5) is 0. The van der Waals surface area contributed by atoms with Crippen LogP contribution in [0.4, 0.5) is 0 Å². The van der Waals surface area contributed by atoms with Gasteiger partial charge in [-0.25, -0.2) is 0 Å². The normalized spacial score (nSPS) is 16.9. The van der Waals surface area contributed by atoms with E-state index in [1.165, 1.54) is 37.5 Å². The lowest BCUT2D eigenvalue weighted by Crippen LogP contribution is -1.91. The average molecular weight is 335 g/mol. The highest BCUT2D eigenvalue weighted by molar-refractivity contribution is 9.10. The van der Waals surface area contributed by atoms with Gasteiger partial charge in [0.2, 0.25) is 0 Å². The first-order valence-corrected chi connectivity index (χ1v) is 8.04. The van der Waals surface area contributed by atoms with Crippen molar-refractivity contribution in [2.24, 2.45) is 0 Å². The molecule has 1 atom stereocenters. The number of rotatable bonds is 1. The Morgan fingerprint density at radius 2 is 1.62 bits per heavy atom. The first-order chi connectivity index (χ1) is 10.3. The predicted octanol–water partition coefficient (Wildman–Crippen LogP) is 6.15. The van der Waals surface area contributed by atoms with Gasteiger partial charge in [0.05, 0.1) is 0 Å². The predicted molar refractivity (Wildman–Crippen MR) is 93.6 cm³/mol. The van der Waals surface area contributed by atoms with Gasteiger partial charge in [-0.05, 0) is 39.1 Å². The molecule has 0 amide bonds. The third-order valence-electron chi connectivity index (χ3n) is 4.30. The van der Waals surface area contributed by atoms with E-state index in [0.717, 1.165) is 0 Å². The second kappa shape index (κ2) is 4.85. The van der Waals surface area contributed by atoms with Crippen LogP contribution >= 0.6 is 15.9 Å². The summed E-state index contributed by atoms with van der Waals surface area (Å²) in [7, 11) is 0. The Kier molecular flexibility index (Phi) is 2.97. The van der Waals surface area contributed by atoms with E-state index in [-0.39, 0.29) is 0 Å². The molecule has 4 rings (SSSR count). The lowest BCUT2D eigenvalue weighted by Gasteiger charge is -2.11. The molecule has 0 aliphatic heterocycles. The minimum absolute atomic E-state index is 0.464. The smallest absolute Gasteiger partial charge is 0.0256 e. The Morgan fingerprint density at radius 1 is 0.857 bits per heavy atom. The fraction of sp³-hybridized carbons (Fsp3) is 0.100. The highest BCUT2D eigenvalue weighted by Gasteiger charge is 2.24. The molecule has 0 saturated heterocycles. The van der Waals surface area contributed by atoms with Crippen LogP contribution in [0, 0.1) is 0 Å². The minimum atomic E-state index is 0.464. The van der Waals surface area contributed by atoms with Gasteiger partial charge in [-0.1, -0.05) is 83.5 Å². The average Bonchev–Trinajstić information content (AvgIpc) is 2.85. The molecule has 1 heteroatoms. The fourth-order valence-electron chi connectivity index (χ4n) is 3.31. The molecular weight excluding hydrogens is 320 g/mol. The number of allylic oxidation sites excluding steroid dienone is 1. The van der Waals surface area contributed by atoms with Crippen molar-refractivity contribution in [3.05, 3.63) is 87.9 Å². The van der Waals surface area contributed by atoms with E-state index in [9.17, 15) is 0 Å². The van der Waals surface area contributed by atoms with Crippen molar-refractivity contribution in [1.29, 1.82) is 0 Å². The topological polar surface area (TPSA) is 0 Å². The van der Waals surface area contributed by atoms with E-state index >= 15 is 0 Å². The van der Waals surface area contributed by atoms with Crippen LogP contribution in [-0.2, 0) is 0 Å². The number of hydrogen-bond acceptors (Lipinski definition) is 0. The second-order valence-electron chi connectivity index (χ2n) is 5.60. The van der Waals surface area contributed by atoms with E-state index < -0.39 is 0 Å². The zero-order valence-electron chi connectivity index (χ0n) is 11.8. The number of hydrogen-bond donors (Lipinski definition) is 0. The van der Waals surface area contributed by atoms with Crippen molar-refractivity contribution in [2.45, 2.75) is 12.8 Å². The van der Waals surface area contributed by atoms with Crippen LogP contribution in [0.3, 0.4) is 0 Å². The molecule has 21 heavy (non-hydrogen) atoms. The molecule has 1 aliphatic carbocycles. The van der Waals surface area contributed by atoms with Crippen molar-refractivity contribution in [3.8, 4) is 0 Å². The van der Waals surface area contributed by atoms with Crippen molar-refractivity contribution >= 4 is 32.3 Å². The van der Waals surface area contributed by atoms with E-state index in [0.29, 0.717) is 5.92 Å². The molecule has 0 radical (unpaired) electrons. The maximum absolute atomic E-state index is 3.74. The van der Waals surface area contributed by atoms with Crippen LogP contribution in [0.1, 0.15) is 29.5 Å². The molecule has 1 aliphatic rings. The second-order valence-corrected chi connectivity index (χ2v) is 6.45. The van der Waals surface area contributed by atoms with Gasteiger partial charge in [-0.15, -0.1) is 0 Å². The highest BCUT2D eigenvalue weighted by atomic mass is 79.9. The summed E-state index contributed by atoms with van der Waals surface area (Å²) in [5, 5.41) is 2.62. The molecule has 0 nitrogen and oxygen atoms in total. The molecule has 0 fully saturated rings. The summed E-state index contributed by atoms with van der Waals surface area (Å²) in [5.74, 6) is 0.464. The van der Waals surface area contributed by atoms with Gasteiger partial charge in [-0.2, -0.15) is 0 Å². The first-order valence-electron chi connectivity index (χ1n) is 7.24. The summed E-state index contributed by atoms with van der Waals surface area (Å²) in [6.45, 7) is 2.27. The molecule has 0 heterocycles. The van der Waals surface area contributed by atoms with Crippen molar-refractivity contribution in [1.82, 2.24) is 0 Å². The van der Waals surface area contributed by atoms with E-state index in [4.69, 9.17) is 0 Å². The lowest BCUT2D eigenvalue weighted by molar-refractivity contribution is 0.989. The molecule has 0 saturated carbocycles. The molecule has 0 aromatic heterocycles.